The molecule has 0 atom stereocenters. The Hall–Kier alpha value is -1.48. The standard InChI is InChI=1S/C13H12ClNO2/c1-17-12-5-8-10(6-11(12)16)15-9-4-2-3-7(9)13(8)14/h5-6,16H,2-4H2,1H3. The van der Waals surface area contributed by atoms with E-state index in [1.54, 1.807) is 12.1 Å². The highest BCUT2D eigenvalue weighted by Gasteiger charge is 2.19. The Morgan fingerprint density at radius 2 is 2.18 bits per heavy atom. The van der Waals surface area contributed by atoms with Crippen LogP contribution in [0.25, 0.3) is 10.9 Å². The van der Waals surface area contributed by atoms with E-state index in [2.05, 4.69) is 4.98 Å². The maximum Gasteiger partial charge on any atom is 0.161 e. The van der Waals surface area contributed by atoms with Crippen LogP contribution in [0.2, 0.25) is 5.02 Å². The fourth-order valence-electron chi connectivity index (χ4n) is 2.38. The monoisotopic (exact) mass is 249 g/mol. The van der Waals surface area contributed by atoms with Gasteiger partial charge in [-0.25, -0.2) is 0 Å². The number of hydrogen-bond donors (Lipinski definition) is 1. The molecule has 1 aliphatic rings. The third-order valence-corrected chi connectivity index (χ3v) is 3.67. The molecule has 0 fully saturated rings. The van der Waals surface area contributed by atoms with E-state index >= 15 is 0 Å². The van der Waals surface area contributed by atoms with Gasteiger partial charge < -0.3 is 9.84 Å². The molecule has 17 heavy (non-hydrogen) atoms. The van der Waals surface area contributed by atoms with Crippen LogP contribution in [0, 0.1) is 0 Å². The number of aromatic hydroxyl groups is 1. The minimum atomic E-state index is 0.0986. The highest BCUT2D eigenvalue weighted by atomic mass is 35.5. The van der Waals surface area contributed by atoms with E-state index in [4.69, 9.17) is 16.3 Å². The molecule has 0 spiro atoms. The Bertz CT molecular complexity index is 610. The van der Waals surface area contributed by atoms with E-state index < -0.39 is 0 Å². The van der Waals surface area contributed by atoms with Gasteiger partial charge in [-0.15, -0.1) is 0 Å². The van der Waals surface area contributed by atoms with Crippen molar-refractivity contribution in [2.75, 3.05) is 7.11 Å². The summed E-state index contributed by atoms with van der Waals surface area (Å²) in [4.78, 5) is 4.55. The molecular weight excluding hydrogens is 238 g/mol. The summed E-state index contributed by atoms with van der Waals surface area (Å²) in [5, 5.41) is 11.3. The molecule has 0 saturated heterocycles. The van der Waals surface area contributed by atoms with Crippen LogP contribution in [0.15, 0.2) is 12.1 Å². The Balaban J connectivity index is 2.36. The lowest BCUT2D eigenvalue weighted by Crippen LogP contribution is -1.93. The summed E-state index contributed by atoms with van der Waals surface area (Å²) in [6.45, 7) is 0. The Labute approximate surface area is 104 Å². The van der Waals surface area contributed by atoms with Gasteiger partial charge in [0.2, 0.25) is 0 Å². The van der Waals surface area contributed by atoms with Gasteiger partial charge in [-0.2, -0.15) is 0 Å². The molecule has 1 heterocycles. The number of nitrogens with zero attached hydrogens (tertiary/aromatic N) is 1. The molecule has 0 bridgehead atoms. The van der Waals surface area contributed by atoms with Crippen LogP contribution in [0.5, 0.6) is 11.5 Å². The number of pyridine rings is 1. The van der Waals surface area contributed by atoms with Crippen LogP contribution < -0.4 is 4.74 Å². The molecule has 0 radical (unpaired) electrons. The Kier molecular flexibility index (Phi) is 2.37. The van der Waals surface area contributed by atoms with Crippen molar-refractivity contribution in [2.45, 2.75) is 19.3 Å². The van der Waals surface area contributed by atoms with E-state index in [-0.39, 0.29) is 5.75 Å². The number of benzene rings is 1. The van der Waals surface area contributed by atoms with Gasteiger partial charge in [-0.1, -0.05) is 11.6 Å². The zero-order valence-corrected chi connectivity index (χ0v) is 10.2. The Morgan fingerprint density at radius 1 is 1.35 bits per heavy atom. The molecule has 1 aromatic carbocycles. The highest BCUT2D eigenvalue weighted by molar-refractivity contribution is 6.36. The van der Waals surface area contributed by atoms with Crippen LogP contribution in [0.1, 0.15) is 17.7 Å². The van der Waals surface area contributed by atoms with E-state index in [0.29, 0.717) is 5.75 Å². The average Bonchev–Trinajstić information content (AvgIpc) is 2.77. The van der Waals surface area contributed by atoms with Crippen LogP contribution >= 0.6 is 11.6 Å². The molecule has 1 aromatic heterocycles. The number of phenolic OH excluding ortho intramolecular Hbond substituents is 1. The number of aryl methyl sites for hydroxylation is 1. The second-order valence-corrected chi connectivity index (χ2v) is 4.62. The number of fused-ring (bicyclic) bond motifs is 2. The van der Waals surface area contributed by atoms with Gasteiger partial charge in [0.05, 0.1) is 17.6 Å². The van der Waals surface area contributed by atoms with Crippen molar-refractivity contribution in [3.05, 3.63) is 28.4 Å². The lowest BCUT2D eigenvalue weighted by Gasteiger charge is -2.09. The van der Waals surface area contributed by atoms with E-state index in [1.165, 1.54) is 7.11 Å². The fourth-order valence-corrected chi connectivity index (χ4v) is 2.74. The van der Waals surface area contributed by atoms with Crippen molar-refractivity contribution in [1.29, 1.82) is 0 Å². The molecule has 4 heteroatoms. The van der Waals surface area contributed by atoms with Crippen molar-refractivity contribution in [3.8, 4) is 11.5 Å². The van der Waals surface area contributed by atoms with Crippen molar-refractivity contribution in [2.24, 2.45) is 0 Å². The minimum Gasteiger partial charge on any atom is -0.504 e. The summed E-state index contributed by atoms with van der Waals surface area (Å²) in [5.41, 5.74) is 2.94. The first-order chi connectivity index (χ1) is 8.20. The predicted molar refractivity (Wildman–Crippen MR) is 67.0 cm³/mol. The van der Waals surface area contributed by atoms with E-state index in [1.807, 2.05) is 0 Å². The summed E-state index contributed by atoms with van der Waals surface area (Å²) in [6, 6.07) is 3.36. The average molecular weight is 250 g/mol. The summed E-state index contributed by atoms with van der Waals surface area (Å²) < 4.78 is 5.09. The summed E-state index contributed by atoms with van der Waals surface area (Å²) >= 11 is 6.39. The first-order valence-electron chi connectivity index (χ1n) is 5.58. The number of phenols is 1. The third-order valence-electron chi connectivity index (χ3n) is 3.24. The van der Waals surface area contributed by atoms with Gasteiger partial charge in [-0.3, -0.25) is 4.98 Å². The third kappa shape index (κ3) is 1.53. The molecule has 1 aliphatic carbocycles. The normalized spacial score (nSPS) is 14.0. The Morgan fingerprint density at radius 3 is 2.94 bits per heavy atom. The largest absolute Gasteiger partial charge is 0.504 e. The zero-order chi connectivity index (χ0) is 12.0. The number of ether oxygens (including phenoxy) is 1. The number of methoxy groups -OCH3 is 1. The van der Waals surface area contributed by atoms with Gasteiger partial charge in [0.25, 0.3) is 0 Å². The van der Waals surface area contributed by atoms with E-state index in [9.17, 15) is 5.11 Å². The lowest BCUT2D eigenvalue weighted by atomic mass is 10.1. The summed E-state index contributed by atoms with van der Waals surface area (Å²) in [5.74, 6) is 0.528. The van der Waals surface area contributed by atoms with Gasteiger partial charge in [0.1, 0.15) is 0 Å². The van der Waals surface area contributed by atoms with E-state index in [0.717, 1.165) is 46.4 Å². The zero-order valence-electron chi connectivity index (χ0n) is 9.46. The second-order valence-electron chi connectivity index (χ2n) is 4.25. The molecule has 0 aliphatic heterocycles. The fraction of sp³-hybridized carbons (Fsp3) is 0.308. The number of aromatic nitrogens is 1. The van der Waals surface area contributed by atoms with Crippen LogP contribution in [-0.4, -0.2) is 17.2 Å². The maximum absolute atomic E-state index is 9.74. The van der Waals surface area contributed by atoms with Crippen molar-refractivity contribution < 1.29 is 9.84 Å². The van der Waals surface area contributed by atoms with Crippen LogP contribution in [0.3, 0.4) is 0 Å². The SMILES string of the molecule is COc1cc2c(Cl)c3c(nc2cc1O)CCC3. The van der Waals surface area contributed by atoms with Gasteiger partial charge >= 0.3 is 0 Å². The van der Waals surface area contributed by atoms with Gasteiger partial charge in [0, 0.05) is 17.1 Å². The molecule has 3 nitrogen and oxygen atoms in total. The lowest BCUT2D eigenvalue weighted by molar-refractivity contribution is 0.374. The first kappa shape index (κ1) is 10.7. The summed E-state index contributed by atoms with van der Waals surface area (Å²) in [6.07, 6.45) is 3.06. The highest BCUT2D eigenvalue weighted by Crippen LogP contribution is 2.38. The maximum atomic E-state index is 9.74. The summed E-state index contributed by atoms with van der Waals surface area (Å²) in [7, 11) is 1.52. The molecule has 2 aromatic rings. The van der Waals surface area contributed by atoms with Crippen LogP contribution in [0.4, 0.5) is 0 Å². The molecule has 88 valence electrons. The molecule has 1 N–H and O–H groups in total. The van der Waals surface area contributed by atoms with Crippen molar-refractivity contribution in [1.82, 2.24) is 4.98 Å². The van der Waals surface area contributed by atoms with Gasteiger partial charge in [0.15, 0.2) is 11.5 Å². The number of hydrogen-bond acceptors (Lipinski definition) is 3. The molecule has 0 saturated carbocycles. The number of rotatable bonds is 1. The molecule has 0 amide bonds. The van der Waals surface area contributed by atoms with Crippen LogP contribution in [-0.2, 0) is 12.8 Å². The second kappa shape index (κ2) is 3.77. The van der Waals surface area contributed by atoms with Crippen molar-refractivity contribution in [3.63, 3.8) is 0 Å². The predicted octanol–water partition coefficient (Wildman–Crippen LogP) is 3.09. The number of halogens is 1. The molecule has 3 rings (SSSR count). The minimum absolute atomic E-state index is 0.0986. The van der Waals surface area contributed by atoms with Gasteiger partial charge in [-0.05, 0) is 30.9 Å². The first-order valence-corrected chi connectivity index (χ1v) is 5.96. The quantitative estimate of drug-likeness (QED) is 0.845. The smallest absolute Gasteiger partial charge is 0.161 e. The topological polar surface area (TPSA) is 42.4 Å². The van der Waals surface area contributed by atoms with Crippen molar-refractivity contribution >= 4 is 22.5 Å². The molecular formula is C13H12ClNO2. The molecule has 0 unspecified atom stereocenters.